The maximum Gasteiger partial charge on any atom is 0.353 e. The first-order chi connectivity index (χ1) is 12.0. The lowest BCUT2D eigenvalue weighted by Crippen LogP contribution is -2.24. The summed E-state index contributed by atoms with van der Waals surface area (Å²) in [5.41, 5.74) is 6.24. The number of rotatable bonds is 5. The lowest BCUT2D eigenvalue weighted by Gasteiger charge is -2.23. The molecule has 2 aromatic rings. The first kappa shape index (κ1) is 17.2. The van der Waals surface area contributed by atoms with E-state index in [2.05, 4.69) is 20.6 Å². The average molecular weight is 363 g/mol. The molecule has 1 saturated carbocycles. The number of nitro groups is 1. The molecule has 0 radical (unpaired) electrons. The molecule has 1 aromatic heterocycles. The molecule has 0 unspecified atom stereocenters. The number of nitrogens with zero attached hydrogens (tertiary/aromatic N) is 3. The summed E-state index contributed by atoms with van der Waals surface area (Å²) < 4.78 is 0. The van der Waals surface area contributed by atoms with E-state index in [-0.39, 0.29) is 29.3 Å². The first-order valence-electron chi connectivity index (χ1n) is 8.14. The van der Waals surface area contributed by atoms with E-state index >= 15 is 0 Å². The van der Waals surface area contributed by atoms with Gasteiger partial charge in [0.15, 0.2) is 0 Å². The highest BCUT2D eigenvalue weighted by Gasteiger charge is 2.25. The third kappa shape index (κ3) is 4.27. The molecule has 0 aliphatic heterocycles. The molecule has 1 heterocycles. The third-order valence-corrected chi connectivity index (χ3v) is 4.39. The lowest BCUT2D eigenvalue weighted by atomic mass is 9.95. The topological polar surface area (TPSA) is 119 Å². The number of nitrogens with one attached hydrogen (secondary N) is 2. The Morgan fingerprint density at radius 3 is 2.48 bits per heavy atom. The van der Waals surface area contributed by atoms with Crippen molar-refractivity contribution in [3.05, 3.63) is 39.4 Å². The van der Waals surface area contributed by atoms with E-state index in [0.29, 0.717) is 10.7 Å². The Morgan fingerprint density at radius 1 is 1.16 bits per heavy atom. The molecule has 25 heavy (non-hydrogen) atoms. The van der Waals surface area contributed by atoms with Gasteiger partial charge in [0.05, 0.1) is 4.92 Å². The second-order valence-corrected chi connectivity index (χ2v) is 6.43. The van der Waals surface area contributed by atoms with E-state index in [9.17, 15) is 10.1 Å². The second-order valence-electron chi connectivity index (χ2n) is 6.00. The molecule has 1 aliphatic carbocycles. The van der Waals surface area contributed by atoms with Crippen LogP contribution in [0, 0.1) is 10.1 Å². The summed E-state index contributed by atoms with van der Waals surface area (Å²) >= 11 is 5.87. The van der Waals surface area contributed by atoms with E-state index in [1.165, 1.54) is 6.42 Å². The fraction of sp³-hybridized carbons (Fsp3) is 0.375. The molecule has 9 heteroatoms. The Balaban J connectivity index is 1.88. The Bertz CT molecular complexity index is 762. The minimum absolute atomic E-state index is 0.154. The van der Waals surface area contributed by atoms with Crippen molar-refractivity contribution in [2.75, 3.05) is 16.4 Å². The summed E-state index contributed by atoms with van der Waals surface area (Å²) in [6.07, 6.45) is 5.31. The molecule has 1 aliphatic rings. The van der Waals surface area contributed by atoms with Gasteiger partial charge >= 0.3 is 5.69 Å². The van der Waals surface area contributed by atoms with Gasteiger partial charge in [-0.25, -0.2) is 0 Å². The zero-order valence-electron chi connectivity index (χ0n) is 13.5. The van der Waals surface area contributed by atoms with Gasteiger partial charge in [0.25, 0.3) is 0 Å². The van der Waals surface area contributed by atoms with Crippen LogP contribution in [-0.2, 0) is 0 Å². The number of hydrogen-bond donors (Lipinski definition) is 3. The second kappa shape index (κ2) is 7.52. The summed E-state index contributed by atoms with van der Waals surface area (Å²) in [6, 6.07) is 7.12. The van der Waals surface area contributed by atoms with Gasteiger partial charge in [-0.1, -0.05) is 30.9 Å². The summed E-state index contributed by atoms with van der Waals surface area (Å²) in [7, 11) is 0. The van der Waals surface area contributed by atoms with Crippen LogP contribution in [0.15, 0.2) is 24.3 Å². The van der Waals surface area contributed by atoms with Crippen molar-refractivity contribution < 1.29 is 4.92 Å². The predicted molar refractivity (Wildman–Crippen MR) is 98.3 cm³/mol. The molecule has 132 valence electrons. The normalized spacial score (nSPS) is 14.9. The molecule has 3 rings (SSSR count). The Labute approximate surface area is 150 Å². The fourth-order valence-corrected chi connectivity index (χ4v) is 3.04. The van der Waals surface area contributed by atoms with Crippen LogP contribution < -0.4 is 16.4 Å². The van der Waals surface area contributed by atoms with Crippen LogP contribution in [0.5, 0.6) is 0 Å². The Kier molecular flexibility index (Phi) is 5.18. The summed E-state index contributed by atoms with van der Waals surface area (Å²) in [4.78, 5) is 19.1. The average Bonchev–Trinajstić information content (AvgIpc) is 2.57. The van der Waals surface area contributed by atoms with Gasteiger partial charge in [-0.2, -0.15) is 9.97 Å². The van der Waals surface area contributed by atoms with Gasteiger partial charge in [0.2, 0.25) is 17.6 Å². The number of anilines is 4. The van der Waals surface area contributed by atoms with E-state index in [1.807, 2.05) is 0 Å². The van der Waals surface area contributed by atoms with Crippen molar-refractivity contribution >= 4 is 40.6 Å². The number of aromatic nitrogens is 2. The molecule has 0 bridgehead atoms. The minimum Gasteiger partial charge on any atom is -0.378 e. The highest BCUT2D eigenvalue weighted by atomic mass is 35.5. The van der Waals surface area contributed by atoms with E-state index in [1.54, 1.807) is 24.3 Å². The molecular weight excluding hydrogens is 344 g/mol. The summed E-state index contributed by atoms with van der Waals surface area (Å²) in [5.74, 6) is 0.180. The molecule has 8 nitrogen and oxygen atoms in total. The lowest BCUT2D eigenvalue weighted by molar-refractivity contribution is -0.383. The quantitative estimate of drug-likeness (QED) is 0.540. The Hall–Kier alpha value is -2.61. The van der Waals surface area contributed by atoms with Crippen molar-refractivity contribution in [2.45, 2.75) is 38.1 Å². The third-order valence-electron chi connectivity index (χ3n) is 4.14. The highest BCUT2D eigenvalue weighted by molar-refractivity contribution is 6.30. The summed E-state index contributed by atoms with van der Waals surface area (Å²) in [6.45, 7) is 0. The number of halogens is 1. The van der Waals surface area contributed by atoms with Gasteiger partial charge in [0, 0.05) is 16.8 Å². The van der Waals surface area contributed by atoms with Crippen molar-refractivity contribution in [1.82, 2.24) is 9.97 Å². The first-order valence-corrected chi connectivity index (χ1v) is 8.52. The molecule has 0 atom stereocenters. The molecule has 0 saturated heterocycles. The zero-order valence-corrected chi connectivity index (χ0v) is 14.3. The molecule has 4 N–H and O–H groups in total. The van der Waals surface area contributed by atoms with Crippen molar-refractivity contribution in [3.63, 3.8) is 0 Å². The molecular formula is C16H19ClN6O2. The van der Waals surface area contributed by atoms with Gasteiger partial charge in [-0.3, -0.25) is 10.1 Å². The van der Waals surface area contributed by atoms with Crippen LogP contribution in [0.4, 0.5) is 29.0 Å². The standard InChI is InChI=1S/C16H19ClN6O2/c17-10-6-8-12(9-7-10)20-16-21-14(18)13(23(24)25)15(22-16)19-11-4-2-1-3-5-11/h6-9,11H,1-5H2,(H4,18,19,20,21,22). The van der Waals surface area contributed by atoms with Gasteiger partial charge in [0.1, 0.15) is 0 Å². The predicted octanol–water partition coefficient (Wildman–Crippen LogP) is 4.11. The smallest absolute Gasteiger partial charge is 0.353 e. The maximum atomic E-state index is 11.4. The summed E-state index contributed by atoms with van der Waals surface area (Å²) in [5, 5.41) is 18.1. The van der Waals surface area contributed by atoms with E-state index in [0.717, 1.165) is 25.7 Å². The molecule has 0 amide bonds. The number of hydrogen-bond acceptors (Lipinski definition) is 7. The van der Waals surface area contributed by atoms with Gasteiger partial charge in [-0.15, -0.1) is 0 Å². The van der Waals surface area contributed by atoms with Crippen LogP contribution in [0.3, 0.4) is 0 Å². The monoisotopic (exact) mass is 362 g/mol. The van der Waals surface area contributed by atoms with Crippen molar-refractivity contribution in [1.29, 1.82) is 0 Å². The maximum absolute atomic E-state index is 11.4. The highest BCUT2D eigenvalue weighted by Crippen LogP contribution is 2.32. The van der Waals surface area contributed by atoms with Crippen LogP contribution in [0.25, 0.3) is 0 Å². The number of nitrogen functional groups attached to an aromatic ring is 1. The van der Waals surface area contributed by atoms with Crippen LogP contribution in [0.2, 0.25) is 5.02 Å². The van der Waals surface area contributed by atoms with Gasteiger partial charge in [-0.05, 0) is 37.1 Å². The SMILES string of the molecule is Nc1nc(Nc2ccc(Cl)cc2)nc(NC2CCCCC2)c1[N+](=O)[O-]. The minimum atomic E-state index is -0.549. The van der Waals surface area contributed by atoms with Crippen LogP contribution in [-0.4, -0.2) is 20.9 Å². The zero-order chi connectivity index (χ0) is 17.8. The fourth-order valence-electron chi connectivity index (χ4n) is 2.91. The molecule has 0 spiro atoms. The molecule has 1 aromatic carbocycles. The van der Waals surface area contributed by atoms with Crippen molar-refractivity contribution in [3.8, 4) is 0 Å². The van der Waals surface area contributed by atoms with E-state index in [4.69, 9.17) is 17.3 Å². The number of nitrogens with two attached hydrogens (primary N) is 1. The van der Waals surface area contributed by atoms with E-state index < -0.39 is 4.92 Å². The van der Waals surface area contributed by atoms with Crippen LogP contribution >= 0.6 is 11.6 Å². The van der Waals surface area contributed by atoms with Crippen molar-refractivity contribution in [2.24, 2.45) is 0 Å². The number of benzene rings is 1. The van der Waals surface area contributed by atoms with Crippen LogP contribution in [0.1, 0.15) is 32.1 Å². The van der Waals surface area contributed by atoms with Gasteiger partial charge < -0.3 is 16.4 Å². The Morgan fingerprint density at radius 2 is 1.84 bits per heavy atom. The largest absolute Gasteiger partial charge is 0.378 e. The molecule has 1 fully saturated rings.